The minimum absolute atomic E-state index is 0.447. The molecule has 1 aliphatic heterocycles. The highest BCUT2D eigenvalue weighted by atomic mass is 35.5. The Morgan fingerprint density at radius 1 is 1.19 bits per heavy atom. The van der Waals surface area contributed by atoms with Gasteiger partial charge in [0.1, 0.15) is 16.5 Å². The Kier molecular flexibility index (Phi) is 5.97. The van der Waals surface area contributed by atoms with Crippen LogP contribution >= 0.6 is 11.6 Å². The molecule has 0 radical (unpaired) electrons. The molecule has 0 bridgehead atoms. The Morgan fingerprint density at radius 2 is 1.93 bits per heavy atom. The van der Waals surface area contributed by atoms with Crippen LogP contribution in [0.5, 0.6) is 5.75 Å². The molecule has 0 amide bonds. The smallest absolute Gasteiger partial charge is 0.146 e. The average Bonchev–Trinajstić information content (AvgIpc) is 3.04. The quantitative estimate of drug-likeness (QED) is 0.506. The van der Waals surface area contributed by atoms with Gasteiger partial charge in [-0.1, -0.05) is 41.9 Å². The Balaban J connectivity index is 1.81. The van der Waals surface area contributed by atoms with Gasteiger partial charge in [0.2, 0.25) is 0 Å². The molecule has 3 rings (SSSR count). The zero-order chi connectivity index (χ0) is 19.4. The van der Waals surface area contributed by atoms with Gasteiger partial charge < -0.3 is 9.64 Å². The molecule has 2 aromatic carbocycles. The second-order valence-corrected chi connectivity index (χ2v) is 6.97. The van der Waals surface area contributed by atoms with Crippen molar-refractivity contribution in [2.45, 2.75) is 20.8 Å². The first-order chi connectivity index (χ1) is 13.0. The van der Waals surface area contributed by atoms with E-state index in [0.29, 0.717) is 17.3 Å². The number of aliphatic imine (C=N–C) groups is 2. The topological polar surface area (TPSA) is 37.2 Å². The fraction of sp³-hybridized carbons (Fsp3) is 0.273. The van der Waals surface area contributed by atoms with Crippen molar-refractivity contribution in [3.63, 3.8) is 0 Å². The summed E-state index contributed by atoms with van der Waals surface area (Å²) in [5, 5.41) is 0.574. The summed E-state index contributed by atoms with van der Waals surface area (Å²) in [6.07, 6.45) is 1.85. The summed E-state index contributed by atoms with van der Waals surface area (Å²) in [5.41, 5.74) is 4.78. The van der Waals surface area contributed by atoms with Crippen molar-refractivity contribution in [3.8, 4) is 5.75 Å². The molecule has 0 aromatic heterocycles. The maximum absolute atomic E-state index is 6.55. The van der Waals surface area contributed by atoms with Gasteiger partial charge in [-0.25, -0.2) is 4.99 Å². The van der Waals surface area contributed by atoms with E-state index in [-0.39, 0.29) is 0 Å². The number of rotatable bonds is 6. The van der Waals surface area contributed by atoms with Crippen LogP contribution < -0.4 is 4.74 Å². The first-order valence-electron chi connectivity index (χ1n) is 9.02. The summed E-state index contributed by atoms with van der Waals surface area (Å²) in [6, 6.07) is 14.0. The molecule has 1 heterocycles. The van der Waals surface area contributed by atoms with Crippen LogP contribution in [-0.2, 0) is 0 Å². The highest BCUT2D eigenvalue weighted by Crippen LogP contribution is 2.32. The van der Waals surface area contributed by atoms with E-state index in [0.717, 1.165) is 40.4 Å². The summed E-state index contributed by atoms with van der Waals surface area (Å²) in [5.74, 6) is 1.47. The number of halogens is 1. The summed E-state index contributed by atoms with van der Waals surface area (Å²) in [6.45, 7) is 7.49. The van der Waals surface area contributed by atoms with E-state index >= 15 is 0 Å². The highest BCUT2D eigenvalue weighted by molar-refractivity contribution is 6.47. The number of allylic oxidation sites excluding steroid dienone is 1. The number of hydrogen-bond acceptors (Lipinski definition) is 3. The lowest BCUT2D eigenvalue weighted by atomic mass is 10.1. The largest absolute Gasteiger partial charge is 0.458 e. The van der Waals surface area contributed by atoms with Gasteiger partial charge in [-0.2, -0.15) is 0 Å². The monoisotopic (exact) mass is 381 g/mol. The first kappa shape index (κ1) is 19.2. The molecule has 0 atom stereocenters. The van der Waals surface area contributed by atoms with E-state index in [1.807, 2.05) is 74.6 Å². The van der Waals surface area contributed by atoms with Gasteiger partial charge in [-0.15, -0.1) is 0 Å². The molecule has 0 unspecified atom stereocenters. The Labute approximate surface area is 165 Å². The molecule has 27 heavy (non-hydrogen) atoms. The lowest BCUT2D eigenvalue weighted by Crippen LogP contribution is -2.14. The highest BCUT2D eigenvalue weighted by Gasteiger charge is 2.21. The molecular weight excluding hydrogens is 358 g/mol. The predicted molar refractivity (Wildman–Crippen MR) is 114 cm³/mol. The summed E-state index contributed by atoms with van der Waals surface area (Å²) in [4.78, 5) is 11.1. The van der Waals surface area contributed by atoms with Crippen molar-refractivity contribution < 1.29 is 4.74 Å². The zero-order valence-corrected chi connectivity index (χ0v) is 16.9. The molecule has 140 valence electrons. The molecule has 0 saturated carbocycles. The van der Waals surface area contributed by atoms with E-state index in [9.17, 15) is 0 Å². The number of hydrogen-bond donors (Lipinski definition) is 0. The summed E-state index contributed by atoms with van der Waals surface area (Å²) in [7, 11) is 2.00. The van der Waals surface area contributed by atoms with Crippen molar-refractivity contribution in [2.24, 2.45) is 9.98 Å². The van der Waals surface area contributed by atoms with Crippen LogP contribution in [0.25, 0.3) is 0 Å². The van der Waals surface area contributed by atoms with E-state index in [2.05, 4.69) is 16.9 Å². The van der Waals surface area contributed by atoms with Gasteiger partial charge >= 0.3 is 0 Å². The van der Waals surface area contributed by atoms with Crippen LogP contribution in [0.3, 0.4) is 0 Å². The number of nitrogens with zero attached hydrogens (tertiary/aromatic N) is 3. The molecule has 0 spiro atoms. The maximum atomic E-state index is 6.55. The van der Waals surface area contributed by atoms with E-state index in [4.69, 9.17) is 16.3 Å². The third-order valence-electron chi connectivity index (χ3n) is 4.50. The molecule has 4 nitrogen and oxygen atoms in total. The van der Waals surface area contributed by atoms with Crippen LogP contribution in [0.1, 0.15) is 23.6 Å². The molecule has 0 N–H and O–H groups in total. The Hall–Kier alpha value is -2.59. The van der Waals surface area contributed by atoms with Crippen LogP contribution in [0, 0.1) is 13.8 Å². The molecular formula is C22H24ClN3O. The SMILES string of the molecule is CCN(C)C=Nc1cc(C)c(OC2=C(Cl)C(c3ccccc3)=NC2)cc1C. The molecule has 0 aliphatic carbocycles. The lowest BCUT2D eigenvalue weighted by Gasteiger charge is -2.13. The standard InChI is InChI=1S/C22H24ClN3O/c1-5-26(4)14-25-18-11-16(3)19(12-15(18)2)27-20-13-24-22(21(20)23)17-9-7-6-8-10-17/h6-12,14H,5,13H2,1-4H3. The summed E-state index contributed by atoms with van der Waals surface area (Å²) >= 11 is 6.55. The molecule has 5 heteroatoms. The lowest BCUT2D eigenvalue weighted by molar-refractivity contribution is 0.417. The van der Waals surface area contributed by atoms with E-state index in [1.165, 1.54) is 0 Å². The van der Waals surface area contributed by atoms with Crippen molar-refractivity contribution >= 4 is 29.3 Å². The van der Waals surface area contributed by atoms with Gasteiger partial charge in [0.25, 0.3) is 0 Å². The maximum Gasteiger partial charge on any atom is 0.146 e. The number of benzene rings is 2. The third-order valence-corrected chi connectivity index (χ3v) is 4.89. The van der Waals surface area contributed by atoms with Crippen molar-refractivity contribution in [3.05, 3.63) is 69.9 Å². The fourth-order valence-corrected chi connectivity index (χ4v) is 2.98. The first-order valence-corrected chi connectivity index (χ1v) is 9.39. The number of aryl methyl sites for hydroxylation is 2. The van der Waals surface area contributed by atoms with Crippen LogP contribution in [0.15, 0.2) is 63.2 Å². The van der Waals surface area contributed by atoms with Crippen LogP contribution in [0.4, 0.5) is 5.69 Å². The minimum Gasteiger partial charge on any atom is -0.458 e. The molecule has 0 fully saturated rings. The zero-order valence-electron chi connectivity index (χ0n) is 16.2. The van der Waals surface area contributed by atoms with E-state index in [1.54, 1.807) is 0 Å². The normalized spacial score (nSPS) is 14.0. The van der Waals surface area contributed by atoms with Gasteiger partial charge in [0.15, 0.2) is 0 Å². The fourth-order valence-electron chi connectivity index (χ4n) is 2.71. The number of ether oxygens (including phenoxy) is 1. The second-order valence-electron chi connectivity index (χ2n) is 6.59. The van der Waals surface area contributed by atoms with Crippen molar-refractivity contribution in [1.29, 1.82) is 0 Å². The van der Waals surface area contributed by atoms with Crippen molar-refractivity contribution in [1.82, 2.24) is 4.90 Å². The second kappa shape index (κ2) is 8.40. The van der Waals surface area contributed by atoms with Gasteiger partial charge in [-0.3, -0.25) is 4.99 Å². The Morgan fingerprint density at radius 3 is 2.63 bits per heavy atom. The van der Waals surface area contributed by atoms with Gasteiger partial charge in [-0.05, 0) is 44.0 Å². The van der Waals surface area contributed by atoms with Gasteiger partial charge in [0, 0.05) is 19.2 Å². The minimum atomic E-state index is 0.447. The van der Waals surface area contributed by atoms with E-state index < -0.39 is 0 Å². The van der Waals surface area contributed by atoms with Crippen molar-refractivity contribution in [2.75, 3.05) is 20.1 Å². The third kappa shape index (κ3) is 4.40. The Bertz CT molecular complexity index is 917. The molecule has 0 saturated heterocycles. The van der Waals surface area contributed by atoms with Crippen LogP contribution in [-0.4, -0.2) is 37.1 Å². The molecule has 1 aliphatic rings. The predicted octanol–water partition coefficient (Wildman–Crippen LogP) is 5.25. The van der Waals surface area contributed by atoms with Gasteiger partial charge in [0.05, 0.1) is 24.3 Å². The summed E-state index contributed by atoms with van der Waals surface area (Å²) < 4.78 is 6.12. The molecule has 2 aromatic rings. The average molecular weight is 382 g/mol. The van der Waals surface area contributed by atoms with Crippen LogP contribution in [0.2, 0.25) is 0 Å².